The number of hydrogen-bond donors (Lipinski definition) is 1. The van der Waals surface area contributed by atoms with Crippen LogP contribution >= 0.6 is 11.6 Å². The van der Waals surface area contributed by atoms with Crippen molar-refractivity contribution >= 4 is 17.3 Å². The molecule has 1 aromatic rings. The minimum atomic E-state index is -0.368. The molecule has 1 N–H and O–H groups in total. The van der Waals surface area contributed by atoms with Crippen molar-refractivity contribution in [2.45, 2.75) is 27.2 Å². The molecule has 0 heterocycles. The summed E-state index contributed by atoms with van der Waals surface area (Å²) in [5.41, 5.74) is 0.731. The number of benzene rings is 1. The van der Waals surface area contributed by atoms with E-state index in [0.29, 0.717) is 5.69 Å². The van der Waals surface area contributed by atoms with Gasteiger partial charge in [-0.1, -0.05) is 38.4 Å². The smallest absolute Gasteiger partial charge is 0.164 e. The summed E-state index contributed by atoms with van der Waals surface area (Å²) in [6.07, 6.45) is 0.985. The van der Waals surface area contributed by atoms with Crippen LogP contribution < -0.4 is 5.32 Å². The molecule has 0 saturated heterocycles. The number of nitrogens with one attached hydrogen (secondary N) is 1. The van der Waals surface area contributed by atoms with Crippen LogP contribution in [0, 0.1) is 11.2 Å². The quantitative estimate of drug-likeness (QED) is 0.814. The topological polar surface area (TPSA) is 12.0 Å². The maximum Gasteiger partial charge on any atom is 0.164 e. The minimum Gasteiger partial charge on any atom is -0.383 e. The Kier molecular flexibility index (Phi) is 3.97. The van der Waals surface area contributed by atoms with Crippen molar-refractivity contribution in [2.75, 3.05) is 11.9 Å². The lowest BCUT2D eigenvalue weighted by atomic mass is 9.92. The van der Waals surface area contributed by atoms with Gasteiger partial charge < -0.3 is 5.32 Å². The van der Waals surface area contributed by atoms with E-state index in [1.54, 1.807) is 18.2 Å². The molecule has 0 spiro atoms. The van der Waals surface area contributed by atoms with Crippen molar-refractivity contribution in [1.82, 2.24) is 0 Å². The molecule has 0 aliphatic heterocycles. The van der Waals surface area contributed by atoms with Gasteiger partial charge >= 0.3 is 0 Å². The molecule has 3 heteroatoms. The molecule has 0 bridgehead atoms. The lowest BCUT2D eigenvalue weighted by Gasteiger charge is -2.18. The van der Waals surface area contributed by atoms with Gasteiger partial charge in [0, 0.05) is 6.54 Å². The van der Waals surface area contributed by atoms with Crippen LogP contribution in [0.15, 0.2) is 18.2 Å². The molecule has 0 atom stereocenters. The first-order valence-corrected chi connectivity index (χ1v) is 5.46. The summed E-state index contributed by atoms with van der Waals surface area (Å²) in [7, 11) is 0. The fraction of sp³-hybridized carbons (Fsp3) is 0.500. The summed E-state index contributed by atoms with van der Waals surface area (Å²) >= 11 is 5.67. The predicted molar refractivity (Wildman–Crippen MR) is 64.0 cm³/mol. The fourth-order valence-corrected chi connectivity index (χ4v) is 1.39. The van der Waals surface area contributed by atoms with Crippen LogP contribution in [-0.2, 0) is 0 Å². The molecule has 0 unspecified atom stereocenters. The van der Waals surface area contributed by atoms with Crippen molar-refractivity contribution in [3.63, 3.8) is 0 Å². The molecule has 1 rings (SSSR count). The Morgan fingerprint density at radius 3 is 2.60 bits per heavy atom. The van der Waals surface area contributed by atoms with Gasteiger partial charge in [-0.15, -0.1) is 0 Å². The highest BCUT2D eigenvalue weighted by molar-refractivity contribution is 6.31. The predicted octanol–water partition coefficient (Wildman–Crippen LogP) is 4.33. The summed E-state index contributed by atoms with van der Waals surface area (Å²) in [4.78, 5) is 0. The average Bonchev–Trinajstić information content (AvgIpc) is 2.10. The molecule has 1 aromatic carbocycles. The number of hydrogen-bond acceptors (Lipinski definition) is 1. The molecule has 0 aliphatic rings. The van der Waals surface area contributed by atoms with E-state index in [1.807, 2.05) is 0 Å². The van der Waals surface area contributed by atoms with E-state index < -0.39 is 0 Å². The third-order valence-electron chi connectivity index (χ3n) is 2.14. The third kappa shape index (κ3) is 4.08. The van der Waals surface area contributed by atoms with Crippen LogP contribution in [-0.4, -0.2) is 6.54 Å². The summed E-state index contributed by atoms with van der Waals surface area (Å²) in [6, 6.07) is 4.99. The van der Waals surface area contributed by atoms with Crippen molar-refractivity contribution in [3.05, 3.63) is 29.0 Å². The van der Waals surface area contributed by atoms with Crippen molar-refractivity contribution in [1.29, 1.82) is 0 Å². The van der Waals surface area contributed by atoms with E-state index in [0.717, 1.165) is 13.0 Å². The fourth-order valence-electron chi connectivity index (χ4n) is 1.21. The van der Waals surface area contributed by atoms with Gasteiger partial charge in [-0.2, -0.15) is 0 Å². The van der Waals surface area contributed by atoms with E-state index in [4.69, 9.17) is 11.6 Å². The van der Waals surface area contributed by atoms with Gasteiger partial charge in [0.25, 0.3) is 0 Å². The third-order valence-corrected chi connectivity index (χ3v) is 2.43. The van der Waals surface area contributed by atoms with Crippen LogP contribution in [0.4, 0.5) is 10.1 Å². The summed E-state index contributed by atoms with van der Waals surface area (Å²) in [5.74, 6) is -0.368. The van der Waals surface area contributed by atoms with Gasteiger partial charge in [-0.05, 0) is 24.0 Å². The average molecular weight is 230 g/mol. The Balaban J connectivity index is 2.55. The molecule has 1 nitrogen and oxygen atoms in total. The highest BCUT2D eigenvalue weighted by Gasteiger charge is 2.10. The van der Waals surface area contributed by atoms with Crippen molar-refractivity contribution in [3.8, 4) is 0 Å². The number of rotatable bonds is 3. The van der Waals surface area contributed by atoms with Gasteiger partial charge in [0.15, 0.2) is 5.82 Å². The second-order valence-electron chi connectivity index (χ2n) is 4.84. The molecule has 0 fully saturated rings. The van der Waals surface area contributed by atoms with E-state index >= 15 is 0 Å². The molecular weight excluding hydrogens is 213 g/mol. The second-order valence-corrected chi connectivity index (χ2v) is 5.25. The zero-order chi connectivity index (χ0) is 11.5. The monoisotopic (exact) mass is 229 g/mol. The molecule has 84 valence electrons. The minimum absolute atomic E-state index is 0.163. The molecule has 0 aliphatic carbocycles. The Morgan fingerprint density at radius 2 is 2.00 bits per heavy atom. The van der Waals surface area contributed by atoms with Gasteiger partial charge in [-0.3, -0.25) is 0 Å². The highest BCUT2D eigenvalue weighted by atomic mass is 35.5. The SMILES string of the molecule is CC(C)(C)CCNc1cccc(Cl)c1F. The van der Waals surface area contributed by atoms with E-state index in [2.05, 4.69) is 26.1 Å². The van der Waals surface area contributed by atoms with E-state index in [1.165, 1.54) is 0 Å². The van der Waals surface area contributed by atoms with Crippen LogP contribution in [0.5, 0.6) is 0 Å². The first-order chi connectivity index (χ1) is 6.90. The largest absolute Gasteiger partial charge is 0.383 e. The highest BCUT2D eigenvalue weighted by Crippen LogP contribution is 2.23. The van der Waals surface area contributed by atoms with E-state index in [-0.39, 0.29) is 16.3 Å². The Morgan fingerprint density at radius 1 is 1.33 bits per heavy atom. The number of halogens is 2. The van der Waals surface area contributed by atoms with Crippen LogP contribution in [0.3, 0.4) is 0 Å². The molecule has 0 radical (unpaired) electrons. The zero-order valence-electron chi connectivity index (χ0n) is 9.40. The standard InChI is InChI=1S/C12H17ClFN/c1-12(2,3)7-8-15-10-6-4-5-9(13)11(10)14/h4-6,15H,7-8H2,1-3H3. The molecule has 0 amide bonds. The summed E-state index contributed by atoms with van der Waals surface area (Å²) in [6.45, 7) is 7.22. The molecule has 0 saturated carbocycles. The zero-order valence-corrected chi connectivity index (χ0v) is 10.2. The maximum absolute atomic E-state index is 13.4. The van der Waals surface area contributed by atoms with Gasteiger partial charge in [0.2, 0.25) is 0 Å². The second kappa shape index (κ2) is 4.84. The lowest BCUT2D eigenvalue weighted by molar-refractivity contribution is 0.389. The van der Waals surface area contributed by atoms with Gasteiger partial charge in [0.1, 0.15) is 0 Å². The molecular formula is C12H17ClFN. The van der Waals surface area contributed by atoms with Gasteiger partial charge in [-0.25, -0.2) is 4.39 Å². The van der Waals surface area contributed by atoms with Crippen LogP contribution in [0.25, 0.3) is 0 Å². The Bertz CT molecular complexity index is 331. The summed E-state index contributed by atoms with van der Waals surface area (Å²) < 4.78 is 13.4. The van der Waals surface area contributed by atoms with Crippen LogP contribution in [0.2, 0.25) is 5.02 Å². The van der Waals surface area contributed by atoms with Crippen molar-refractivity contribution in [2.24, 2.45) is 5.41 Å². The van der Waals surface area contributed by atoms with E-state index in [9.17, 15) is 4.39 Å². The first-order valence-electron chi connectivity index (χ1n) is 5.08. The first kappa shape index (κ1) is 12.3. The molecule has 15 heavy (non-hydrogen) atoms. The Hall–Kier alpha value is -0.760. The lowest BCUT2D eigenvalue weighted by Crippen LogP contribution is -2.13. The van der Waals surface area contributed by atoms with Gasteiger partial charge in [0.05, 0.1) is 10.7 Å². The van der Waals surface area contributed by atoms with Crippen molar-refractivity contribution < 1.29 is 4.39 Å². The Labute approximate surface area is 95.6 Å². The van der Waals surface area contributed by atoms with Crippen LogP contribution in [0.1, 0.15) is 27.2 Å². The molecule has 0 aromatic heterocycles. The maximum atomic E-state index is 13.4. The normalized spacial score (nSPS) is 11.5. The number of anilines is 1. The summed E-state index contributed by atoms with van der Waals surface area (Å²) in [5, 5.41) is 3.21.